The van der Waals surface area contributed by atoms with Crippen LogP contribution in [0.15, 0.2) is 0 Å². The van der Waals surface area contributed by atoms with Crippen molar-refractivity contribution in [3.05, 3.63) is 0 Å². The molecule has 8 unspecified atom stereocenters. The average Bonchev–Trinajstić information content (AvgIpc) is 3.14. The van der Waals surface area contributed by atoms with Gasteiger partial charge in [-0.25, -0.2) is 0 Å². The number of likely N-dealkylation sites (N-methyl/N-ethyl adjacent to an activating group) is 1. The number of rotatable bonds is 30. The van der Waals surface area contributed by atoms with Gasteiger partial charge in [-0.1, -0.05) is 0 Å². The van der Waals surface area contributed by atoms with Gasteiger partial charge in [0.1, 0.15) is 24.4 Å². The summed E-state index contributed by atoms with van der Waals surface area (Å²) < 4.78 is 11.1. The minimum atomic E-state index is -1.41. The molecule has 318 valence electrons. The fourth-order valence-corrected chi connectivity index (χ4v) is 6.83. The van der Waals surface area contributed by atoms with E-state index in [-0.39, 0.29) is 66.3 Å². The fourth-order valence-electron chi connectivity index (χ4n) is 5.27. The first kappa shape index (κ1) is 50.4. The lowest BCUT2D eigenvalue weighted by Gasteiger charge is -2.42. The van der Waals surface area contributed by atoms with E-state index in [2.05, 4.69) is 31.9 Å². The van der Waals surface area contributed by atoms with E-state index in [1.807, 2.05) is 0 Å². The molecule has 1 aliphatic heterocycles. The first-order valence-corrected chi connectivity index (χ1v) is 20.8. The summed E-state index contributed by atoms with van der Waals surface area (Å²) in [5.74, 6) is -0.381. The van der Waals surface area contributed by atoms with Crippen LogP contribution in [0.1, 0.15) is 58.8 Å². The van der Waals surface area contributed by atoms with Crippen molar-refractivity contribution in [1.29, 1.82) is 0 Å². The van der Waals surface area contributed by atoms with Gasteiger partial charge >= 0.3 is 0 Å². The van der Waals surface area contributed by atoms with Crippen LogP contribution in [-0.2, 0) is 38.2 Å². The zero-order chi connectivity index (χ0) is 41.2. The third kappa shape index (κ3) is 22.1. The summed E-state index contributed by atoms with van der Waals surface area (Å²) in [6.45, 7) is 2.81. The molecule has 0 bridgehead atoms. The molecule has 55 heavy (non-hydrogen) atoms. The lowest BCUT2D eigenvalue weighted by molar-refractivity contribution is -0.270. The Bertz CT molecular complexity index is 1180. The summed E-state index contributed by atoms with van der Waals surface area (Å²) in [5.41, 5.74) is 0. The summed E-state index contributed by atoms with van der Waals surface area (Å²) in [7, 11) is 1.63. The van der Waals surface area contributed by atoms with Crippen molar-refractivity contribution in [2.24, 2.45) is 0 Å². The molecular formula is C34H62N6O13S2. The van der Waals surface area contributed by atoms with Gasteiger partial charge < -0.3 is 66.9 Å². The maximum atomic E-state index is 12.8. The lowest BCUT2D eigenvalue weighted by atomic mass is 9.97. The average molecular weight is 827 g/mol. The Labute approximate surface area is 330 Å². The second-order valence-electron chi connectivity index (χ2n) is 13.0. The number of hydrogen-bond acceptors (Lipinski definition) is 16. The molecule has 1 saturated heterocycles. The second kappa shape index (κ2) is 29.6. The van der Waals surface area contributed by atoms with Gasteiger partial charge in [0.15, 0.2) is 12.1 Å². The van der Waals surface area contributed by atoms with Gasteiger partial charge in [0.25, 0.3) is 0 Å². The highest BCUT2D eigenvalue weighted by molar-refractivity contribution is 8.00. The molecule has 1 fully saturated rings. The number of hydrogen-bond donors (Lipinski definition) is 11. The van der Waals surface area contributed by atoms with Crippen LogP contribution in [-0.4, -0.2) is 179 Å². The maximum absolute atomic E-state index is 12.8. The Morgan fingerprint density at radius 1 is 0.800 bits per heavy atom. The SMILES string of the molecule is CNC(CCCNC(=O)CSCC(O)CO)C(=O)NC(CCCNC(=O)CSCCCC(=O)NCCCOC1OC(CO)C(O)C(O)C1NC(C)=O)C(C)=O. The van der Waals surface area contributed by atoms with E-state index in [0.29, 0.717) is 63.9 Å². The summed E-state index contributed by atoms with van der Waals surface area (Å²) in [4.78, 5) is 72.9. The van der Waals surface area contributed by atoms with Crippen LogP contribution < -0.4 is 31.9 Å². The maximum Gasteiger partial charge on any atom is 0.237 e. The van der Waals surface area contributed by atoms with Crippen LogP contribution in [0.5, 0.6) is 0 Å². The van der Waals surface area contributed by atoms with Gasteiger partial charge in [0.2, 0.25) is 29.5 Å². The molecular weight excluding hydrogens is 765 g/mol. The number of ether oxygens (including phenoxy) is 2. The molecule has 0 aromatic rings. The Kier molecular flexibility index (Phi) is 27.1. The predicted octanol–water partition coefficient (Wildman–Crippen LogP) is -3.49. The zero-order valence-electron chi connectivity index (χ0n) is 32.0. The number of carbonyl (C=O) groups excluding carboxylic acids is 6. The van der Waals surface area contributed by atoms with E-state index >= 15 is 0 Å². The smallest absolute Gasteiger partial charge is 0.237 e. The van der Waals surface area contributed by atoms with Crippen LogP contribution in [0.25, 0.3) is 0 Å². The zero-order valence-corrected chi connectivity index (χ0v) is 33.6. The fraction of sp³-hybridized carbons (Fsp3) is 0.824. The molecule has 0 aromatic carbocycles. The van der Waals surface area contributed by atoms with Crippen molar-refractivity contribution >= 4 is 58.8 Å². The number of amides is 5. The van der Waals surface area contributed by atoms with Crippen molar-refractivity contribution in [2.75, 3.05) is 69.5 Å². The highest BCUT2D eigenvalue weighted by Crippen LogP contribution is 2.22. The van der Waals surface area contributed by atoms with Crippen molar-refractivity contribution < 1.29 is 63.8 Å². The van der Waals surface area contributed by atoms with Crippen LogP contribution in [0.2, 0.25) is 0 Å². The molecule has 0 radical (unpaired) electrons. The van der Waals surface area contributed by atoms with Crippen molar-refractivity contribution in [3.8, 4) is 0 Å². The van der Waals surface area contributed by atoms with Crippen LogP contribution in [0, 0.1) is 0 Å². The molecule has 8 atom stereocenters. The van der Waals surface area contributed by atoms with Gasteiger partial charge in [0.05, 0.1) is 49.5 Å². The molecule has 1 heterocycles. The van der Waals surface area contributed by atoms with Crippen molar-refractivity contribution in [1.82, 2.24) is 31.9 Å². The van der Waals surface area contributed by atoms with E-state index in [0.717, 1.165) is 0 Å². The molecule has 5 amide bonds. The van der Waals surface area contributed by atoms with Gasteiger partial charge in [-0.3, -0.25) is 28.8 Å². The first-order valence-electron chi connectivity index (χ1n) is 18.5. The van der Waals surface area contributed by atoms with E-state index in [1.54, 1.807) is 7.05 Å². The Balaban J connectivity index is 2.20. The molecule has 19 nitrogen and oxygen atoms in total. The normalized spacial score (nSPS) is 21.1. The second-order valence-corrected chi connectivity index (χ2v) is 15.1. The van der Waals surface area contributed by atoms with Crippen LogP contribution in [0.3, 0.4) is 0 Å². The Morgan fingerprint density at radius 2 is 1.40 bits per heavy atom. The quantitative estimate of drug-likeness (QED) is 0.0314. The topological polar surface area (TPSA) is 294 Å². The first-order chi connectivity index (χ1) is 26.2. The third-order valence-corrected chi connectivity index (χ3v) is 10.4. The third-order valence-electron chi connectivity index (χ3n) is 8.31. The van der Waals surface area contributed by atoms with Crippen LogP contribution >= 0.6 is 23.5 Å². The summed E-state index contributed by atoms with van der Waals surface area (Å²) in [6.07, 6.45) is -2.91. The van der Waals surface area contributed by atoms with E-state index in [9.17, 15) is 49.2 Å². The largest absolute Gasteiger partial charge is 0.394 e. The number of aliphatic hydroxyl groups is 5. The monoisotopic (exact) mass is 826 g/mol. The Hall–Kier alpha value is -2.60. The number of thioether (sulfide) groups is 2. The molecule has 1 rings (SSSR count). The number of ketones is 1. The summed E-state index contributed by atoms with van der Waals surface area (Å²) in [6, 6.07) is -2.32. The highest BCUT2D eigenvalue weighted by Gasteiger charge is 2.45. The van der Waals surface area contributed by atoms with Crippen molar-refractivity contribution in [2.45, 2.75) is 108 Å². The summed E-state index contributed by atoms with van der Waals surface area (Å²) in [5, 5.41) is 64.4. The minimum Gasteiger partial charge on any atom is -0.394 e. The molecule has 21 heteroatoms. The molecule has 1 aliphatic rings. The standard InChI is InChI=1S/C34H62N6O13S2/c1-21(43)24(40-33(51)25(35-3)9-5-12-38-29(48)20-55-18-23(45)16-41)8-4-11-37-28(47)19-54-15-6-10-27(46)36-13-7-14-52-34-30(39-22(2)44)32(50)31(49)26(17-42)53-34/h23-26,30-32,34-35,41-42,45,49-50H,4-20H2,1-3H3,(H,36,46)(H,37,47)(H,38,48)(H,39,44)(H,40,51). The number of nitrogens with one attached hydrogen (secondary N) is 6. The minimum absolute atomic E-state index is 0.111. The molecule has 11 N–H and O–H groups in total. The number of aliphatic hydroxyl groups excluding tert-OH is 5. The molecule has 0 aliphatic carbocycles. The van der Waals surface area contributed by atoms with Gasteiger partial charge in [0, 0.05) is 38.7 Å². The van der Waals surface area contributed by atoms with Gasteiger partial charge in [-0.15, -0.1) is 11.8 Å². The van der Waals surface area contributed by atoms with Gasteiger partial charge in [-0.2, -0.15) is 11.8 Å². The lowest BCUT2D eigenvalue weighted by Crippen LogP contribution is -2.64. The van der Waals surface area contributed by atoms with Crippen molar-refractivity contribution in [3.63, 3.8) is 0 Å². The highest BCUT2D eigenvalue weighted by atomic mass is 32.2. The van der Waals surface area contributed by atoms with E-state index < -0.39 is 61.3 Å². The Morgan fingerprint density at radius 3 is 1.98 bits per heavy atom. The molecule has 0 spiro atoms. The number of carbonyl (C=O) groups is 6. The van der Waals surface area contributed by atoms with E-state index in [1.165, 1.54) is 37.4 Å². The van der Waals surface area contributed by atoms with E-state index in [4.69, 9.17) is 14.6 Å². The predicted molar refractivity (Wildman–Crippen MR) is 206 cm³/mol. The van der Waals surface area contributed by atoms with Crippen LogP contribution in [0.4, 0.5) is 0 Å². The van der Waals surface area contributed by atoms with Gasteiger partial charge in [-0.05, 0) is 58.2 Å². The molecule has 0 aromatic heterocycles. The molecule has 0 saturated carbocycles. The number of Topliss-reactive ketones (excluding diaryl/α,β-unsaturated/α-hetero) is 1. The summed E-state index contributed by atoms with van der Waals surface area (Å²) >= 11 is 2.59.